The first-order valence-electron chi connectivity index (χ1n) is 6.55. The number of hydrogen-bond donors (Lipinski definition) is 1. The van der Waals surface area contributed by atoms with Crippen LogP contribution < -0.4 is 10.6 Å². The molecule has 1 amide bonds. The minimum Gasteiger partial charge on any atom is -0.330 e. The molecule has 1 rings (SSSR count). The van der Waals surface area contributed by atoms with Crippen LogP contribution in [0.5, 0.6) is 0 Å². The number of hydrogen-bond acceptors (Lipinski definition) is 3. The predicted octanol–water partition coefficient (Wildman–Crippen LogP) is 2.29. The Morgan fingerprint density at radius 1 is 1.47 bits per heavy atom. The van der Waals surface area contributed by atoms with E-state index in [4.69, 9.17) is 11.0 Å². The maximum absolute atomic E-state index is 12.1. The van der Waals surface area contributed by atoms with Gasteiger partial charge in [0.2, 0.25) is 5.91 Å². The Labute approximate surface area is 114 Å². The van der Waals surface area contributed by atoms with Crippen molar-refractivity contribution >= 4 is 11.6 Å². The molecule has 102 valence electrons. The van der Waals surface area contributed by atoms with Crippen LogP contribution in [0, 0.1) is 17.2 Å². The van der Waals surface area contributed by atoms with Crippen LogP contribution in [0.4, 0.5) is 5.69 Å². The van der Waals surface area contributed by atoms with E-state index in [2.05, 4.69) is 13.0 Å². The molecule has 0 saturated heterocycles. The van der Waals surface area contributed by atoms with Gasteiger partial charge < -0.3 is 10.6 Å². The second-order valence-electron chi connectivity index (χ2n) is 4.84. The smallest absolute Gasteiger partial charge is 0.226 e. The average molecular weight is 259 g/mol. The molecular formula is C15H21N3O. The van der Waals surface area contributed by atoms with Gasteiger partial charge >= 0.3 is 0 Å². The van der Waals surface area contributed by atoms with Crippen LogP contribution in [0.2, 0.25) is 0 Å². The van der Waals surface area contributed by atoms with Crippen LogP contribution >= 0.6 is 0 Å². The van der Waals surface area contributed by atoms with Crippen molar-refractivity contribution in [3.63, 3.8) is 0 Å². The molecule has 4 heteroatoms. The molecule has 0 spiro atoms. The third-order valence-corrected chi connectivity index (χ3v) is 3.25. The van der Waals surface area contributed by atoms with Crippen LogP contribution in [0.1, 0.15) is 31.7 Å². The summed E-state index contributed by atoms with van der Waals surface area (Å²) in [5, 5.41) is 8.85. The van der Waals surface area contributed by atoms with Crippen molar-refractivity contribution in [3.05, 3.63) is 29.8 Å². The van der Waals surface area contributed by atoms with E-state index in [0.29, 0.717) is 24.4 Å². The molecule has 4 nitrogen and oxygen atoms in total. The van der Waals surface area contributed by atoms with Gasteiger partial charge in [0.1, 0.15) is 0 Å². The largest absolute Gasteiger partial charge is 0.330 e. The molecule has 0 aliphatic heterocycles. The predicted molar refractivity (Wildman–Crippen MR) is 76.6 cm³/mol. The van der Waals surface area contributed by atoms with Crippen LogP contribution in [-0.2, 0) is 4.79 Å². The number of benzene rings is 1. The molecular weight excluding hydrogens is 238 g/mol. The van der Waals surface area contributed by atoms with Gasteiger partial charge in [-0.3, -0.25) is 4.79 Å². The molecule has 0 aliphatic rings. The summed E-state index contributed by atoms with van der Waals surface area (Å²) < 4.78 is 0. The third-order valence-electron chi connectivity index (χ3n) is 3.25. The summed E-state index contributed by atoms with van der Waals surface area (Å²) in [6.45, 7) is 2.77. The number of amides is 1. The van der Waals surface area contributed by atoms with E-state index >= 15 is 0 Å². The molecule has 0 fully saturated rings. The highest BCUT2D eigenvalue weighted by molar-refractivity contribution is 5.92. The molecule has 0 heterocycles. The van der Waals surface area contributed by atoms with Crippen LogP contribution in [0.3, 0.4) is 0 Å². The molecule has 0 saturated carbocycles. The van der Waals surface area contributed by atoms with Gasteiger partial charge in [-0.1, -0.05) is 13.0 Å². The van der Waals surface area contributed by atoms with Gasteiger partial charge in [0.05, 0.1) is 11.6 Å². The summed E-state index contributed by atoms with van der Waals surface area (Å²) in [6.07, 6.45) is 2.30. The number of carbonyl (C=O) groups excluding carboxylic acids is 1. The Hall–Kier alpha value is -1.86. The zero-order valence-electron chi connectivity index (χ0n) is 11.6. The van der Waals surface area contributed by atoms with E-state index in [1.165, 1.54) is 0 Å². The number of nitrogens with two attached hydrogens (primary N) is 1. The molecule has 1 unspecified atom stereocenters. The molecule has 0 aliphatic carbocycles. The maximum Gasteiger partial charge on any atom is 0.226 e. The Bertz CT molecular complexity index is 465. The van der Waals surface area contributed by atoms with Crippen molar-refractivity contribution in [2.75, 3.05) is 18.5 Å². The van der Waals surface area contributed by atoms with Crippen molar-refractivity contribution in [1.82, 2.24) is 0 Å². The highest BCUT2D eigenvalue weighted by Gasteiger charge is 2.12. The molecule has 1 aromatic rings. The molecule has 0 radical (unpaired) electrons. The monoisotopic (exact) mass is 259 g/mol. The SMILES string of the molecule is CC(CCN)CCC(=O)N(C)c1cccc(C#N)c1. The zero-order valence-corrected chi connectivity index (χ0v) is 11.6. The Balaban J connectivity index is 2.59. The number of anilines is 1. The van der Waals surface area contributed by atoms with E-state index < -0.39 is 0 Å². The summed E-state index contributed by atoms with van der Waals surface area (Å²) in [5.41, 5.74) is 6.82. The number of nitrogens with zero attached hydrogens (tertiary/aromatic N) is 2. The number of rotatable bonds is 6. The summed E-state index contributed by atoms with van der Waals surface area (Å²) in [4.78, 5) is 13.7. The highest BCUT2D eigenvalue weighted by Crippen LogP contribution is 2.17. The zero-order chi connectivity index (χ0) is 14.3. The first-order chi connectivity index (χ1) is 9.08. The van der Waals surface area contributed by atoms with Gasteiger partial charge in [0, 0.05) is 19.2 Å². The molecule has 0 aromatic heterocycles. The fraction of sp³-hybridized carbons (Fsp3) is 0.467. The van der Waals surface area contributed by atoms with Gasteiger partial charge in [-0.05, 0) is 43.5 Å². The summed E-state index contributed by atoms with van der Waals surface area (Å²) >= 11 is 0. The highest BCUT2D eigenvalue weighted by atomic mass is 16.2. The fourth-order valence-corrected chi connectivity index (χ4v) is 1.89. The minimum atomic E-state index is 0.0685. The standard InChI is InChI=1S/C15H21N3O/c1-12(8-9-16)6-7-15(19)18(2)14-5-3-4-13(10-14)11-17/h3-5,10,12H,6-9,16H2,1-2H3. The normalized spacial score (nSPS) is 11.7. The van der Waals surface area contributed by atoms with E-state index in [9.17, 15) is 4.79 Å². The topological polar surface area (TPSA) is 70.1 Å². The third kappa shape index (κ3) is 4.72. The molecule has 1 atom stereocenters. The second-order valence-corrected chi connectivity index (χ2v) is 4.84. The van der Waals surface area contributed by atoms with Gasteiger partial charge in [-0.15, -0.1) is 0 Å². The summed E-state index contributed by atoms with van der Waals surface area (Å²) in [7, 11) is 1.74. The van der Waals surface area contributed by atoms with Gasteiger partial charge in [-0.2, -0.15) is 5.26 Å². The lowest BCUT2D eigenvalue weighted by molar-refractivity contribution is -0.118. The van der Waals surface area contributed by atoms with Crippen molar-refractivity contribution < 1.29 is 4.79 Å². The Morgan fingerprint density at radius 3 is 2.84 bits per heavy atom. The molecule has 19 heavy (non-hydrogen) atoms. The lowest BCUT2D eigenvalue weighted by Gasteiger charge is -2.18. The van der Waals surface area contributed by atoms with Crippen molar-refractivity contribution in [1.29, 1.82) is 5.26 Å². The van der Waals surface area contributed by atoms with Crippen LogP contribution in [0.25, 0.3) is 0 Å². The van der Waals surface area contributed by atoms with E-state index in [0.717, 1.165) is 18.5 Å². The van der Waals surface area contributed by atoms with Crippen LogP contribution in [-0.4, -0.2) is 19.5 Å². The first-order valence-corrected chi connectivity index (χ1v) is 6.55. The Morgan fingerprint density at radius 2 is 2.21 bits per heavy atom. The van der Waals surface area contributed by atoms with Gasteiger partial charge in [0.15, 0.2) is 0 Å². The van der Waals surface area contributed by atoms with Crippen molar-refractivity contribution in [2.45, 2.75) is 26.2 Å². The lowest BCUT2D eigenvalue weighted by atomic mass is 10.0. The van der Waals surface area contributed by atoms with E-state index in [1.54, 1.807) is 30.1 Å². The quantitative estimate of drug-likeness (QED) is 0.852. The van der Waals surface area contributed by atoms with Crippen molar-refractivity contribution in [3.8, 4) is 6.07 Å². The summed E-state index contributed by atoms with van der Waals surface area (Å²) in [6, 6.07) is 9.15. The second kappa shape index (κ2) is 7.55. The Kier molecular flexibility index (Phi) is 6.04. The van der Waals surface area contributed by atoms with Crippen LogP contribution in [0.15, 0.2) is 24.3 Å². The summed E-state index contributed by atoms with van der Waals surface area (Å²) in [5.74, 6) is 0.534. The van der Waals surface area contributed by atoms with Crippen molar-refractivity contribution in [2.24, 2.45) is 11.7 Å². The average Bonchev–Trinajstić information content (AvgIpc) is 2.44. The number of nitriles is 1. The van der Waals surface area contributed by atoms with E-state index in [1.807, 2.05) is 6.07 Å². The van der Waals surface area contributed by atoms with E-state index in [-0.39, 0.29) is 5.91 Å². The fourth-order valence-electron chi connectivity index (χ4n) is 1.89. The molecule has 1 aromatic carbocycles. The first kappa shape index (κ1) is 15.2. The van der Waals surface area contributed by atoms with Gasteiger partial charge in [-0.25, -0.2) is 0 Å². The minimum absolute atomic E-state index is 0.0685. The molecule has 2 N–H and O–H groups in total. The van der Waals surface area contributed by atoms with Gasteiger partial charge in [0.25, 0.3) is 0 Å². The lowest BCUT2D eigenvalue weighted by Crippen LogP contribution is -2.26. The maximum atomic E-state index is 12.1. The molecule has 0 bridgehead atoms. The number of carbonyl (C=O) groups is 1.